The fourth-order valence-electron chi connectivity index (χ4n) is 8.81. The highest BCUT2D eigenvalue weighted by Gasteiger charge is 2.27. The molecular weight excluding hydrogens is 657 g/mol. The Kier molecular flexibility index (Phi) is 6.02. The van der Waals surface area contributed by atoms with Gasteiger partial charge in [0.25, 0.3) is 0 Å². The molecule has 8 aromatic carbocycles. The van der Waals surface area contributed by atoms with E-state index in [1.165, 1.54) is 54.8 Å². The van der Waals surface area contributed by atoms with Crippen molar-refractivity contribution in [3.05, 3.63) is 182 Å². The van der Waals surface area contributed by atoms with Crippen molar-refractivity contribution < 1.29 is 0 Å². The Morgan fingerprint density at radius 3 is 1.72 bits per heavy atom. The van der Waals surface area contributed by atoms with E-state index in [2.05, 4.69) is 179 Å². The molecular formula is C50H30N4. The molecule has 1 aliphatic rings. The lowest BCUT2D eigenvalue weighted by molar-refractivity contribution is 1.09. The zero-order valence-corrected chi connectivity index (χ0v) is 29.1. The van der Waals surface area contributed by atoms with E-state index in [0.717, 1.165) is 56.0 Å². The van der Waals surface area contributed by atoms with Gasteiger partial charge < -0.3 is 4.57 Å². The normalized spacial score (nSPS) is 12.1. The van der Waals surface area contributed by atoms with Crippen molar-refractivity contribution in [2.45, 2.75) is 0 Å². The predicted octanol–water partition coefficient (Wildman–Crippen LogP) is 12.8. The largest absolute Gasteiger partial charge is 0.309 e. The lowest BCUT2D eigenvalue weighted by Gasteiger charge is -2.14. The molecule has 0 N–H and O–H groups in total. The van der Waals surface area contributed by atoms with E-state index in [1.807, 2.05) is 12.1 Å². The molecule has 0 saturated carbocycles. The van der Waals surface area contributed by atoms with Gasteiger partial charge in [0.2, 0.25) is 0 Å². The number of aromatic nitrogens is 4. The third-order valence-electron chi connectivity index (χ3n) is 11.2. The summed E-state index contributed by atoms with van der Waals surface area (Å²) >= 11 is 0. The number of hydrogen-bond donors (Lipinski definition) is 0. The van der Waals surface area contributed by atoms with Crippen molar-refractivity contribution in [2.75, 3.05) is 0 Å². The Bertz CT molecular complexity index is 3320. The van der Waals surface area contributed by atoms with Gasteiger partial charge >= 0.3 is 0 Å². The lowest BCUT2D eigenvalue weighted by Crippen LogP contribution is -2.02. The standard InChI is InChI=1S/C50H30N4/c1-3-12-31(13-4-1)32-22-25-36-38-17-11-18-39-41-29-34(33-23-26-46-40(28-33)37-16-7-10-21-45(37)53(46)35-14-5-2-6-15-35)24-27-47(41)54(49(38)39)50-48(42(36)30-32)51-43-19-8-9-20-44(43)52-50/h1-30H. The van der Waals surface area contributed by atoms with Crippen LogP contribution in [0.2, 0.25) is 0 Å². The molecule has 0 atom stereocenters. The predicted molar refractivity (Wildman–Crippen MR) is 224 cm³/mol. The molecule has 250 valence electrons. The van der Waals surface area contributed by atoms with E-state index >= 15 is 0 Å². The highest BCUT2D eigenvalue weighted by Crippen LogP contribution is 2.47. The number of hydrogen-bond acceptors (Lipinski definition) is 2. The minimum atomic E-state index is 0.855. The molecule has 0 spiro atoms. The van der Waals surface area contributed by atoms with Gasteiger partial charge in [0.1, 0.15) is 5.69 Å². The average molecular weight is 687 g/mol. The Labute approximate surface area is 310 Å². The summed E-state index contributed by atoms with van der Waals surface area (Å²) in [5, 5.41) is 4.89. The molecule has 0 saturated heterocycles. The zero-order chi connectivity index (χ0) is 35.3. The van der Waals surface area contributed by atoms with Crippen LogP contribution >= 0.6 is 0 Å². The maximum Gasteiger partial charge on any atom is 0.165 e. The highest BCUT2D eigenvalue weighted by atomic mass is 15.1. The smallest absolute Gasteiger partial charge is 0.165 e. The van der Waals surface area contributed by atoms with Gasteiger partial charge in [0.15, 0.2) is 5.82 Å². The van der Waals surface area contributed by atoms with Gasteiger partial charge in [-0.25, -0.2) is 9.97 Å². The average Bonchev–Trinajstić information content (AvgIpc) is 3.72. The Balaban J connectivity index is 1.11. The number of fused-ring (bicyclic) bond motifs is 12. The van der Waals surface area contributed by atoms with Crippen LogP contribution in [-0.4, -0.2) is 19.1 Å². The van der Waals surface area contributed by atoms with Crippen molar-refractivity contribution in [1.82, 2.24) is 19.1 Å². The van der Waals surface area contributed by atoms with Crippen LogP contribution in [0.5, 0.6) is 0 Å². The third kappa shape index (κ3) is 4.13. The van der Waals surface area contributed by atoms with Gasteiger partial charge in [-0.2, -0.15) is 0 Å². The first-order chi connectivity index (χ1) is 26.8. The summed E-state index contributed by atoms with van der Waals surface area (Å²) in [6, 6.07) is 65.5. The van der Waals surface area contributed by atoms with E-state index < -0.39 is 0 Å². The molecule has 0 aliphatic carbocycles. The summed E-state index contributed by atoms with van der Waals surface area (Å²) in [6.07, 6.45) is 0. The minimum absolute atomic E-state index is 0.855. The van der Waals surface area contributed by atoms with Crippen LogP contribution in [0.4, 0.5) is 0 Å². The van der Waals surface area contributed by atoms with E-state index in [1.54, 1.807) is 0 Å². The SMILES string of the molecule is c1ccc(-c2ccc3c(c2)-c2nc4ccccc4nc2-n2c4ccc(-c5ccc6c(c5)c5ccccc5n6-c5ccccc5)cc4c4cccc-3c42)cc1. The van der Waals surface area contributed by atoms with Gasteiger partial charge in [-0.1, -0.05) is 121 Å². The fraction of sp³-hybridized carbons (Fsp3) is 0. The molecule has 12 rings (SSSR count). The molecule has 0 unspecified atom stereocenters. The summed E-state index contributed by atoms with van der Waals surface area (Å²) in [5.74, 6) is 0.855. The molecule has 4 nitrogen and oxygen atoms in total. The number of rotatable bonds is 3. The maximum atomic E-state index is 5.39. The van der Waals surface area contributed by atoms with E-state index in [-0.39, 0.29) is 0 Å². The van der Waals surface area contributed by atoms with Gasteiger partial charge in [-0.15, -0.1) is 0 Å². The Hall–Kier alpha value is -7.30. The van der Waals surface area contributed by atoms with Crippen LogP contribution in [0, 0.1) is 0 Å². The van der Waals surface area contributed by atoms with Crippen molar-refractivity contribution in [3.63, 3.8) is 0 Å². The van der Waals surface area contributed by atoms with E-state index in [0.29, 0.717) is 0 Å². The second kappa shape index (κ2) is 11.1. The fourth-order valence-corrected chi connectivity index (χ4v) is 8.81. The molecule has 1 aliphatic heterocycles. The van der Waals surface area contributed by atoms with Crippen LogP contribution in [0.1, 0.15) is 0 Å². The Morgan fingerprint density at radius 1 is 0.333 bits per heavy atom. The van der Waals surface area contributed by atoms with Crippen LogP contribution < -0.4 is 0 Å². The molecule has 54 heavy (non-hydrogen) atoms. The lowest BCUT2D eigenvalue weighted by atomic mass is 9.92. The summed E-state index contributed by atoms with van der Waals surface area (Å²) in [6.45, 7) is 0. The van der Waals surface area contributed by atoms with Crippen LogP contribution in [-0.2, 0) is 0 Å². The highest BCUT2D eigenvalue weighted by molar-refractivity contribution is 6.17. The topological polar surface area (TPSA) is 35.6 Å². The van der Waals surface area contributed by atoms with Gasteiger partial charge in [-0.05, 0) is 88.5 Å². The molecule has 0 radical (unpaired) electrons. The number of benzene rings is 8. The first-order valence-electron chi connectivity index (χ1n) is 18.4. The molecule has 0 amide bonds. The Morgan fingerprint density at radius 2 is 0.926 bits per heavy atom. The molecule has 0 bridgehead atoms. The summed E-state index contributed by atoms with van der Waals surface area (Å²) in [4.78, 5) is 10.8. The van der Waals surface area contributed by atoms with Crippen LogP contribution in [0.25, 0.3) is 111 Å². The van der Waals surface area contributed by atoms with Gasteiger partial charge in [0, 0.05) is 38.4 Å². The van der Waals surface area contributed by atoms with Gasteiger partial charge in [0.05, 0.1) is 33.1 Å². The van der Waals surface area contributed by atoms with Gasteiger partial charge in [-0.3, -0.25) is 4.57 Å². The van der Waals surface area contributed by atoms with Crippen molar-refractivity contribution >= 4 is 54.6 Å². The minimum Gasteiger partial charge on any atom is -0.309 e. The number of para-hydroxylation sites is 5. The molecule has 3 aromatic heterocycles. The van der Waals surface area contributed by atoms with E-state index in [9.17, 15) is 0 Å². The van der Waals surface area contributed by atoms with Crippen LogP contribution in [0.3, 0.4) is 0 Å². The summed E-state index contributed by atoms with van der Waals surface area (Å²) < 4.78 is 4.73. The molecule has 4 heteroatoms. The van der Waals surface area contributed by atoms with Crippen molar-refractivity contribution in [3.8, 4) is 56.1 Å². The first kappa shape index (κ1) is 29.3. The second-order valence-electron chi connectivity index (χ2n) is 14.2. The summed E-state index contributed by atoms with van der Waals surface area (Å²) in [5.41, 5.74) is 16.6. The maximum absolute atomic E-state index is 5.39. The number of nitrogens with zero attached hydrogens (tertiary/aromatic N) is 4. The third-order valence-corrected chi connectivity index (χ3v) is 11.2. The molecule has 0 fully saturated rings. The van der Waals surface area contributed by atoms with Crippen molar-refractivity contribution in [1.29, 1.82) is 0 Å². The van der Waals surface area contributed by atoms with Crippen molar-refractivity contribution in [2.24, 2.45) is 0 Å². The quantitative estimate of drug-likeness (QED) is 0.185. The first-order valence-corrected chi connectivity index (χ1v) is 18.4. The monoisotopic (exact) mass is 686 g/mol. The second-order valence-corrected chi connectivity index (χ2v) is 14.2. The van der Waals surface area contributed by atoms with E-state index in [4.69, 9.17) is 9.97 Å². The molecule has 11 aromatic rings. The summed E-state index contributed by atoms with van der Waals surface area (Å²) in [7, 11) is 0. The van der Waals surface area contributed by atoms with Crippen LogP contribution in [0.15, 0.2) is 182 Å². The zero-order valence-electron chi connectivity index (χ0n) is 29.1. The molecule has 4 heterocycles.